The monoisotopic (exact) mass is 1360 g/mol. The van der Waals surface area contributed by atoms with Crippen molar-refractivity contribution in [2.75, 3.05) is 0 Å². The molecule has 8 heteroatoms. The molecule has 8 N–H and O–H groups in total. The molecule has 0 amide bonds. The summed E-state index contributed by atoms with van der Waals surface area (Å²) in [6, 6.07) is 0. The molecule has 0 unspecified atom stereocenters. The Bertz CT molecular complexity index is 1430. The Balaban J connectivity index is 0.000000549. The lowest BCUT2D eigenvalue weighted by atomic mass is 9.77. The zero-order chi connectivity index (χ0) is 73.1. The standard InChI is InChI=1S/8C11H22O/c8*1-8(2)6-10-4-5-11(12)9(3)7-10/h8*8-12H,4-7H2,1-3H3/t2*9-,10+,11+;2*9-,10+,11-;2*9-,10-,11+;2*9-,10-,11-/m10101010/s1. The summed E-state index contributed by atoms with van der Waals surface area (Å²) in [5.41, 5.74) is 0. The summed E-state index contributed by atoms with van der Waals surface area (Å²) >= 11 is 0. The maximum atomic E-state index is 9.53. The van der Waals surface area contributed by atoms with Crippen LogP contribution >= 0.6 is 0 Å². The van der Waals surface area contributed by atoms with Crippen LogP contribution < -0.4 is 0 Å². The molecule has 576 valence electrons. The summed E-state index contributed by atoms with van der Waals surface area (Å²) in [5, 5.41) is 76.2. The highest BCUT2D eigenvalue weighted by Crippen LogP contribution is 2.39. The lowest BCUT2D eigenvalue weighted by molar-refractivity contribution is 0.0525. The van der Waals surface area contributed by atoms with Crippen LogP contribution in [-0.2, 0) is 0 Å². The highest BCUT2D eigenvalue weighted by molar-refractivity contribution is 4.84. The van der Waals surface area contributed by atoms with Crippen molar-refractivity contribution in [2.45, 2.75) is 420 Å². The average molecular weight is 1360 g/mol. The lowest BCUT2D eigenvalue weighted by Gasteiger charge is -2.31. The molecule has 8 rings (SSSR count). The van der Waals surface area contributed by atoms with Gasteiger partial charge in [-0.3, -0.25) is 0 Å². The fourth-order valence-corrected chi connectivity index (χ4v) is 19.0. The maximum absolute atomic E-state index is 9.53. The second kappa shape index (κ2) is 51.0. The summed E-state index contributed by atoms with van der Waals surface area (Å²) in [7, 11) is 0. The highest BCUT2D eigenvalue weighted by atomic mass is 16.3. The Morgan fingerprint density at radius 3 is 0.312 bits per heavy atom. The molecule has 0 aliphatic heterocycles. The van der Waals surface area contributed by atoms with Crippen LogP contribution in [0.25, 0.3) is 0 Å². The molecule has 0 aromatic heterocycles. The minimum Gasteiger partial charge on any atom is -0.393 e. The second-order valence-corrected chi connectivity index (χ2v) is 38.8. The van der Waals surface area contributed by atoms with Gasteiger partial charge in [-0.05, 0) is 347 Å². The van der Waals surface area contributed by atoms with Gasteiger partial charge in [0.2, 0.25) is 0 Å². The van der Waals surface area contributed by atoms with Crippen molar-refractivity contribution in [3.63, 3.8) is 0 Å². The first-order chi connectivity index (χ1) is 44.7. The Kier molecular flexibility index (Phi) is 49.7. The quantitative estimate of drug-likeness (QED) is 0.0758. The molecular formula is C88H176O8. The average Bonchev–Trinajstić information content (AvgIpc) is 3.70. The van der Waals surface area contributed by atoms with Crippen LogP contribution in [0.15, 0.2) is 0 Å². The number of hydrogen-bond donors (Lipinski definition) is 8. The van der Waals surface area contributed by atoms with Crippen LogP contribution in [0.4, 0.5) is 0 Å². The van der Waals surface area contributed by atoms with Crippen LogP contribution in [0.3, 0.4) is 0 Å². The summed E-state index contributed by atoms with van der Waals surface area (Å²) in [6.07, 6.45) is 38.6. The highest BCUT2D eigenvalue weighted by Gasteiger charge is 2.32. The van der Waals surface area contributed by atoms with Crippen molar-refractivity contribution in [2.24, 2.45) is 142 Å². The molecule has 8 aliphatic rings. The van der Waals surface area contributed by atoms with Gasteiger partial charge < -0.3 is 40.9 Å². The fraction of sp³-hybridized carbons (Fsp3) is 1.00. The lowest BCUT2D eigenvalue weighted by Crippen LogP contribution is -2.27. The molecule has 8 nitrogen and oxygen atoms in total. The van der Waals surface area contributed by atoms with E-state index in [1.165, 1.54) is 154 Å². The maximum Gasteiger partial charge on any atom is 0.0566 e. The van der Waals surface area contributed by atoms with Gasteiger partial charge in [-0.2, -0.15) is 0 Å². The van der Waals surface area contributed by atoms with E-state index in [9.17, 15) is 40.9 Å². The van der Waals surface area contributed by atoms with E-state index in [0.717, 1.165) is 146 Å². The van der Waals surface area contributed by atoms with Gasteiger partial charge in [0.15, 0.2) is 0 Å². The van der Waals surface area contributed by atoms with Crippen molar-refractivity contribution in [1.29, 1.82) is 0 Å². The van der Waals surface area contributed by atoms with E-state index in [0.29, 0.717) is 47.3 Å². The molecule has 0 bridgehead atoms. The molecular weight excluding hydrogens is 1180 g/mol. The molecule has 96 heavy (non-hydrogen) atoms. The van der Waals surface area contributed by atoms with Gasteiger partial charge in [-0.25, -0.2) is 0 Å². The van der Waals surface area contributed by atoms with Crippen molar-refractivity contribution in [1.82, 2.24) is 0 Å². The Morgan fingerprint density at radius 2 is 0.250 bits per heavy atom. The van der Waals surface area contributed by atoms with E-state index in [4.69, 9.17) is 0 Å². The van der Waals surface area contributed by atoms with Crippen molar-refractivity contribution in [3.05, 3.63) is 0 Å². The van der Waals surface area contributed by atoms with Crippen LogP contribution in [0.2, 0.25) is 0 Å². The molecule has 8 fully saturated rings. The third kappa shape index (κ3) is 43.7. The van der Waals surface area contributed by atoms with Crippen molar-refractivity contribution < 1.29 is 40.9 Å². The number of aliphatic hydroxyl groups is 8. The predicted octanol–water partition coefficient (Wildman–Crippen LogP) is 22.6. The van der Waals surface area contributed by atoms with E-state index in [2.05, 4.69) is 166 Å². The van der Waals surface area contributed by atoms with E-state index >= 15 is 0 Å². The minimum absolute atomic E-state index is 0.0200. The summed E-state index contributed by atoms with van der Waals surface area (Å²) in [4.78, 5) is 0. The number of aliphatic hydroxyl groups excluding tert-OH is 8. The molecule has 0 aromatic rings. The first-order valence-corrected chi connectivity index (χ1v) is 42.2. The van der Waals surface area contributed by atoms with Gasteiger partial charge in [0.1, 0.15) is 0 Å². The zero-order valence-corrected chi connectivity index (χ0v) is 68.7. The van der Waals surface area contributed by atoms with Crippen LogP contribution in [-0.4, -0.2) is 89.7 Å². The Morgan fingerprint density at radius 1 is 0.167 bits per heavy atom. The second-order valence-electron chi connectivity index (χ2n) is 38.8. The normalized spacial score (nSPS) is 37.2. The minimum atomic E-state index is -0.0200. The van der Waals surface area contributed by atoms with Gasteiger partial charge in [0, 0.05) is 0 Å². The van der Waals surface area contributed by atoms with Gasteiger partial charge >= 0.3 is 0 Å². The summed E-state index contributed by atoms with van der Waals surface area (Å²) in [5.74, 6) is 17.8. The van der Waals surface area contributed by atoms with E-state index < -0.39 is 0 Å². The first-order valence-electron chi connectivity index (χ1n) is 42.2. The van der Waals surface area contributed by atoms with Gasteiger partial charge in [0.25, 0.3) is 0 Å². The van der Waals surface area contributed by atoms with E-state index in [1.54, 1.807) is 0 Å². The third-order valence-corrected chi connectivity index (χ3v) is 24.3. The Labute approximate surface area is 600 Å². The van der Waals surface area contributed by atoms with Crippen molar-refractivity contribution >= 4 is 0 Å². The van der Waals surface area contributed by atoms with Crippen LogP contribution in [0.1, 0.15) is 372 Å². The first kappa shape index (κ1) is 93.7. The van der Waals surface area contributed by atoms with Gasteiger partial charge in [-0.15, -0.1) is 0 Å². The van der Waals surface area contributed by atoms with Gasteiger partial charge in [-0.1, -0.05) is 166 Å². The predicted molar refractivity (Wildman–Crippen MR) is 416 cm³/mol. The fourth-order valence-electron chi connectivity index (χ4n) is 19.0. The SMILES string of the molecule is CC(C)C[C@@H]1CC[C@@H](O)[C@@H](C)C1.CC(C)C[C@@H]1CC[C@@H](O)[C@H](C)C1.CC(C)C[C@@H]1CC[C@H](O)[C@@H](C)C1.CC(C)C[C@@H]1CC[C@H](O)[C@H](C)C1.CC(C)C[C@H]1CC[C@@H](O)[C@@H](C)C1.CC(C)C[C@H]1CC[C@@H](O)[C@H](C)C1.CC(C)C[C@H]1CC[C@H](O)[C@@H](C)C1.CC(C)C[C@H]1CC[C@H](O)[C@H](C)C1. The molecule has 0 saturated heterocycles. The topological polar surface area (TPSA) is 162 Å². The molecule has 0 aromatic carbocycles. The molecule has 0 heterocycles. The molecule has 8 aliphatic carbocycles. The van der Waals surface area contributed by atoms with Crippen LogP contribution in [0, 0.1) is 142 Å². The number of rotatable bonds is 16. The largest absolute Gasteiger partial charge is 0.393 e. The molecule has 8 saturated carbocycles. The molecule has 24 atom stereocenters. The zero-order valence-electron chi connectivity index (χ0n) is 68.7. The third-order valence-electron chi connectivity index (χ3n) is 24.3. The summed E-state index contributed by atoms with van der Waals surface area (Å²) in [6.45, 7) is 54.0. The molecule has 0 spiro atoms. The van der Waals surface area contributed by atoms with E-state index in [1.807, 2.05) is 0 Å². The molecule has 0 radical (unpaired) electrons. The smallest absolute Gasteiger partial charge is 0.0566 e. The van der Waals surface area contributed by atoms with Crippen molar-refractivity contribution in [3.8, 4) is 0 Å². The number of hydrogen-bond acceptors (Lipinski definition) is 8. The summed E-state index contributed by atoms with van der Waals surface area (Å²) < 4.78 is 0. The Hall–Kier alpha value is -0.320. The van der Waals surface area contributed by atoms with E-state index in [-0.39, 0.29) is 48.8 Å². The van der Waals surface area contributed by atoms with Gasteiger partial charge in [0.05, 0.1) is 48.8 Å². The van der Waals surface area contributed by atoms with Crippen LogP contribution in [0.5, 0.6) is 0 Å².